The second kappa shape index (κ2) is 7.16. The van der Waals surface area contributed by atoms with Gasteiger partial charge in [0.15, 0.2) is 0 Å². The highest BCUT2D eigenvalue weighted by molar-refractivity contribution is 9.10. The molecule has 2 aromatic rings. The zero-order valence-corrected chi connectivity index (χ0v) is 14.9. The molecule has 1 aromatic heterocycles. The molecule has 1 atom stereocenters. The average Bonchev–Trinajstić information content (AvgIpc) is 2.59. The van der Waals surface area contributed by atoms with Crippen LogP contribution in [0.5, 0.6) is 0 Å². The lowest BCUT2D eigenvalue weighted by atomic mass is 10.1. The van der Waals surface area contributed by atoms with Crippen LogP contribution in [-0.4, -0.2) is 23.7 Å². The number of quaternary nitrogens is 1. The van der Waals surface area contributed by atoms with Crippen LogP contribution in [0.3, 0.4) is 0 Å². The van der Waals surface area contributed by atoms with Crippen molar-refractivity contribution < 1.29 is 10.7 Å². The van der Waals surface area contributed by atoms with Gasteiger partial charge in [0, 0.05) is 12.0 Å². The Bertz CT molecular complexity index is 842. The Morgan fingerprint density at radius 2 is 2.21 bits per heavy atom. The van der Waals surface area contributed by atoms with Crippen molar-refractivity contribution in [1.82, 2.24) is 4.57 Å². The first-order valence-electron chi connectivity index (χ1n) is 7.97. The lowest BCUT2D eigenvalue weighted by Crippen LogP contribution is -2.67. The Hall–Kier alpha value is -2.17. The lowest BCUT2D eigenvalue weighted by molar-refractivity contribution is -0.421. The molecule has 1 saturated heterocycles. The Labute approximate surface area is 148 Å². The number of rotatable bonds is 3. The zero-order chi connectivity index (χ0) is 17.1. The Morgan fingerprint density at radius 1 is 1.42 bits per heavy atom. The molecule has 0 unspecified atom stereocenters. The number of hydrogen-bond acceptors (Lipinski definition) is 3. The molecule has 24 heavy (non-hydrogen) atoms. The van der Waals surface area contributed by atoms with Crippen molar-refractivity contribution in [3.05, 3.63) is 56.4 Å². The molecule has 7 heteroatoms. The van der Waals surface area contributed by atoms with Gasteiger partial charge in [0.1, 0.15) is 23.6 Å². The minimum atomic E-state index is -0.109. The van der Waals surface area contributed by atoms with E-state index in [1.165, 1.54) is 0 Å². The second-order valence-electron chi connectivity index (χ2n) is 6.07. The summed E-state index contributed by atoms with van der Waals surface area (Å²) >= 11 is 3.30. The van der Waals surface area contributed by atoms with E-state index in [2.05, 4.69) is 37.6 Å². The van der Waals surface area contributed by atoms with Crippen LogP contribution < -0.4 is 21.2 Å². The maximum absolute atomic E-state index is 12.7. The van der Waals surface area contributed by atoms with E-state index in [-0.39, 0.29) is 5.56 Å². The molecule has 1 aliphatic heterocycles. The number of aromatic nitrogens is 2. The summed E-state index contributed by atoms with van der Waals surface area (Å²) in [6.45, 7) is 2.06. The van der Waals surface area contributed by atoms with Gasteiger partial charge in [-0.05, 0) is 28.4 Å². The smallest absolute Gasteiger partial charge is 0.352 e. The fourth-order valence-corrected chi connectivity index (χ4v) is 3.42. The van der Waals surface area contributed by atoms with Crippen LogP contribution in [0, 0.1) is 11.3 Å². The molecule has 0 aliphatic carbocycles. The standard InChI is InChI=1S/C17H18BrN5O/c18-15-9-21-17(22-7-3-6-14(20)11-22)23(16(15)24)10-13-5-2-1-4-12(13)8-19/h1-2,4-5,9,14H,3,6-7,10-11,20H2/p+2/t14-/m1/s1. The average molecular weight is 390 g/mol. The van der Waals surface area contributed by atoms with Crippen LogP contribution in [0.15, 0.2) is 39.7 Å². The Morgan fingerprint density at radius 3 is 2.96 bits per heavy atom. The van der Waals surface area contributed by atoms with E-state index in [0.29, 0.717) is 22.6 Å². The molecular weight excluding hydrogens is 370 g/mol. The van der Waals surface area contributed by atoms with Gasteiger partial charge in [-0.3, -0.25) is 9.88 Å². The van der Waals surface area contributed by atoms with Gasteiger partial charge in [-0.15, -0.1) is 0 Å². The number of nitrogens with one attached hydrogen (secondary N) is 1. The summed E-state index contributed by atoms with van der Waals surface area (Å²) in [5.41, 5.74) is 5.47. The summed E-state index contributed by atoms with van der Waals surface area (Å²) in [7, 11) is 0. The first kappa shape index (κ1) is 16.7. The van der Waals surface area contributed by atoms with Crippen molar-refractivity contribution in [3.8, 4) is 6.07 Å². The zero-order valence-electron chi connectivity index (χ0n) is 13.3. The van der Waals surface area contributed by atoms with E-state index in [1.54, 1.807) is 16.8 Å². The number of piperidine rings is 1. The van der Waals surface area contributed by atoms with E-state index in [4.69, 9.17) is 0 Å². The molecule has 6 nitrogen and oxygen atoms in total. The van der Waals surface area contributed by atoms with Crippen molar-refractivity contribution >= 4 is 21.9 Å². The summed E-state index contributed by atoms with van der Waals surface area (Å²) < 4.78 is 2.17. The quantitative estimate of drug-likeness (QED) is 0.830. The van der Waals surface area contributed by atoms with Crippen LogP contribution in [0.25, 0.3) is 0 Å². The molecule has 124 valence electrons. The predicted octanol–water partition coefficient (Wildman–Crippen LogP) is 0.556. The van der Waals surface area contributed by atoms with E-state index < -0.39 is 0 Å². The van der Waals surface area contributed by atoms with E-state index in [0.717, 1.165) is 37.4 Å². The minimum absolute atomic E-state index is 0.109. The van der Waals surface area contributed by atoms with Crippen molar-refractivity contribution in [2.75, 3.05) is 18.0 Å². The third-order valence-corrected chi connectivity index (χ3v) is 4.89. The maximum Gasteiger partial charge on any atom is 0.360 e. The lowest BCUT2D eigenvalue weighted by Gasteiger charge is -2.25. The summed E-state index contributed by atoms with van der Waals surface area (Å²) in [4.78, 5) is 18.1. The van der Waals surface area contributed by atoms with Crippen LogP contribution in [0.2, 0.25) is 0 Å². The maximum atomic E-state index is 12.7. The SMILES string of the molecule is N#Cc1ccccc1Cn1c(N2CCC[C@@H]([NH3+])C2)[nH+]cc(Br)c1=O. The van der Waals surface area contributed by atoms with Crippen molar-refractivity contribution in [1.29, 1.82) is 5.26 Å². The molecule has 0 spiro atoms. The molecule has 4 N–H and O–H groups in total. The number of halogens is 1. The normalized spacial score (nSPS) is 17.5. The molecule has 0 radical (unpaired) electrons. The van der Waals surface area contributed by atoms with E-state index in [1.807, 2.05) is 18.2 Å². The van der Waals surface area contributed by atoms with Crippen LogP contribution >= 0.6 is 15.9 Å². The number of nitrogens with zero attached hydrogens (tertiary/aromatic N) is 3. The number of nitriles is 1. The van der Waals surface area contributed by atoms with Crippen LogP contribution in [0.4, 0.5) is 5.95 Å². The van der Waals surface area contributed by atoms with Crippen LogP contribution in [0.1, 0.15) is 24.0 Å². The fraction of sp³-hybridized carbons (Fsp3) is 0.353. The van der Waals surface area contributed by atoms with E-state index >= 15 is 0 Å². The summed E-state index contributed by atoms with van der Waals surface area (Å²) in [6, 6.07) is 9.92. The van der Waals surface area contributed by atoms with Crippen molar-refractivity contribution in [2.24, 2.45) is 0 Å². The van der Waals surface area contributed by atoms with Crippen LogP contribution in [-0.2, 0) is 6.54 Å². The largest absolute Gasteiger partial charge is 0.360 e. The van der Waals surface area contributed by atoms with Crippen molar-refractivity contribution in [2.45, 2.75) is 25.4 Å². The summed E-state index contributed by atoms with van der Waals surface area (Å²) in [6.07, 6.45) is 3.84. The predicted molar refractivity (Wildman–Crippen MR) is 93.3 cm³/mol. The highest BCUT2D eigenvalue weighted by Gasteiger charge is 2.29. The highest BCUT2D eigenvalue weighted by Crippen LogP contribution is 2.17. The second-order valence-corrected chi connectivity index (χ2v) is 6.93. The van der Waals surface area contributed by atoms with Gasteiger partial charge in [0.25, 0.3) is 0 Å². The van der Waals surface area contributed by atoms with Gasteiger partial charge < -0.3 is 5.73 Å². The van der Waals surface area contributed by atoms with Gasteiger partial charge in [-0.25, -0.2) is 4.79 Å². The van der Waals surface area contributed by atoms with Crippen molar-refractivity contribution in [3.63, 3.8) is 0 Å². The number of benzene rings is 1. The van der Waals surface area contributed by atoms with Gasteiger partial charge in [-0.2, -0.15) is 9.83 Å². The van der Waals surface area contributed by atoms with Gasteiger partial charge in [-0.1, -0.05) is 18.2 Å². The molecular formula is C17H20BrN5O+2. The third kappa shape index (κ3) is 3.35. The highest BCUT2D eigenvalue weighted by atomic mass is 79.9. The summed E-state index contributed by atoms with van der Waals surface area (Å²) in [5, 5.41) is 9.30. The van der Waals surface area contributed by atoms with Gasteiger partial charge in [0.2, 0.25) is 0 Å². The first-order chi connectivity index (χ1) is 11.6. The molecule has 1 aromatic carbocycles. The first-order valence-corrected chi connectivity index (χ1v) is 8.76. The Balaban J connectivity index is 2.04. The molecule has 0 saturated carbocycles. The number of H-pyrrole nitrogens is 1. The molecule has 0 bridgehead atoms. The Kier molecular flexibility index (Phi) is 4.97. The number of hydrogen-bond donors (Lipinski definition) is 1. The topological polar surface area (TPSA) is 90.8 Å². The molecule has 2 heterocycles. The summed E-state index contributed by atoms with van der Waals surface area (Å²) in [5.74, 6) is 0.768. The number of aromatic amines is 1. The van der Waals surface area contributed by atoms with Gasteiger partial charge in [0.05, 0.1) is 24.4 Å². The molecule has 1 aliphatic rings. The molecule has 1 fully saturated rings. The fourth-order valence-electron chi connectivity index (χ4n) is 3.10. The molecule has 0 amide bonds. The van der Waals surface area contributed by atoms with E-state index in [9.17, 15) is 10.1 Å². The van der Waals surface area contributed by atoms with Gasteiger partial charge >= 0.3 is 11.5 Å². The monoisotopic (exact) mass is 389 g/mol. The molecule has 3 rings (SSSR count). The minimum Gasteiger partial charge on any atom is -0.352 e. The third-order valence-electron chi connectivity index (χ3n) is 4.32. The number of anilines is 1.